The van der Waals surface area contributed by atoms with Crippen molar-refractivity contribution in [3.8, 4) is 5.75 Å². The minimum atomic E-state index is -0.323. The predicted octanol–water partition coefficient (Wildman–Crippen LogP) is 6.06. The van der Waals surface area contributed by atoms with Crippen LogP contribution in [0.3, 0.4) is 0 Å². The maximum absolute atomic E-state index is 12.6. The van der Waals surface area contributed by atoms with Crippen LogP contribution in [0.5, 0.6) is 5.75 Å². The smallest absolute Gasteiger partial charge is 0.246 e. The molecule has 1 N–H and O–H groups in total. The van der Waals surface area contributed by atoms with Gasteiger partial charge in [0.05, 0.1) is 19.7 Å². The van der Waals surface area contributed by atoms with E-state index < -0.39 is 0 Å². The molecule has 5 aromatic rings. The Kier molecular flexibility index (Phi) is 8.11. The lowest BCUT2D eigenvalue weighted by molar-refractivity contribution is -0.167. The molecule has 5 rings (SSSR count). The van der Waals surface area contributed by atoms with Gasteiger partial charge in [-0.1, -0.05) is 84.9 Å². The molecule has 0 fully saturated rings. The number of carbonyl (C=O) groups is 1. The van der Waals surface area contributed by atoms with Crippen molar-refractivity contribution in [3.63, 3.8) is 0 Å². The Morgan fingerprint density at radius 2 is 1.61 bits per heavy atom. The fourth-order valence-corrected chi connectivity index (χ4v) is 4.51. The summed E-state index contributed by atoms with van der Waals surface area (Å²) in [5, 5.41) is 17.8. The van der Waals surface area contributed by atoms with E-state index in [2.05, 4.69) is 41.5 Å². The number of amides is 1. The number of carbonyl (C=O) groups excluding carboxylic acids is 1. The van der Waals surface area contributed by atoms with Gasteiger partial charge in [0.15, 0.2) is 0 Å². The predicted molar refractivity (Wildman–Crippen MR) is 148 cm³/mol. The van der Waals surface area contributed by atoms with Crippen molar-refractivity contribution in [2.24, 2.45) is 0 Å². The number of benzene rings is 4. The minimum absolute atomic E-state index is 0.164. The Balaban J connectivity index is 1.25. The zero-order chi connectivity index (χ0) is 26.2. The summed E-state index contributed by atoms with van der Waals surface area (Å²) in [5.41, 5.74) is 4.10. The van der Waals surface area contributed by atoms with Crippen LogP contribution >= 0.6 is 0 Å². The molecule has 0 aliphatic carbocycles. The van der Waals surface area contributed by atoms with Gasteiger partial charge in [-0.25, -0.2) is 5.06 Å². The van der Waals surface area contributed by atoms with Crippen LogP contribution in [-0.2, 0) is 30.7 Å². The molecule has 192 valence electrons. The van der Waals surface area contributed by atoms with Gasteiger partial charge in [0, 0.05) is 25.2 Å². The highest BCUT2D eigenvalue weighted by Crippen LogP contribution is 2.24. The molecule has 0 spiro atoms. The molecule has 0 aliphatic rings. The summed E-state index contributed by atoms with van der Waals surface area (Å²) in [4.78, 5) is 12.6. The van der Waals surface area contributed by atoms with Crippen molar-refractivity contribution in [2.75, 3.05) is 6.61 Å². The van der Waals surface area contributed by atoms with Crippen molar-refractivity contribution in [3.05, 3.63) is 132 Å². The third kappa shape index (κ3) is 6.66. The van der Waals surface area contributed by atoms with Gasteiger partial charge in [-0.2, -0.15) is 5.10 Å². The first kappa shape index (κ1) is 25.2. The number of fused-ring (bicyclic) bond motifs is 1. The number of rotatable bonds is 11. The molecular weight excluding hydrogens is 474 g/mol. The molecule has 0 saturated heterocycles. The lowest BCUT2D eigenvalue weighted by atomic mass is 10.0. The van der Waals surface area contributed by atoms with Crippen LogP contribution < -0.4 is 4.74 Å². The zero-order valence-electron chi connectivity index (χ0n) is 21.2. The number of hydrogen-bond acceptors (Lipinski definition) is 4. The fraction of sp³-hybridized carbons (Fsp3) is 0.188. The minimum Gasteiger partial charge on any atom is -0.493 e. The van der Waals surface area contributed by atoms with E-state index in [4.69, 9.17) is 4.74 Å². The summed E-state index contributed by atoms with van der Waals surface area (Å²) in [6.07, 6.45) is 5.11. The number of ether oxygens (including phenoxy) is 1. The van der Waals surface area contributed by atoms with Gasteiger partial charge >= 0.3 is 0 Å². The average Bonchev–Trinajstić information content (AvgIpc) is 3.46. The molecular formula is C32H31N3O3. The Morgan fingerprint density at radius 1 is 0.816 bits per heavy atom. The van der Waals surface area contributed by atoms with Crippen molar-refractivity contribution in [2.45, 2.75) is 32.4 Å². The molecule has 0 radical (unpaired) electrons. The third-order valence-corrected chi connectivity index (χ3v) is 6.57. The molecule has 0 saturated carbocycles. The van der Waals surface area contributed by atoms with E-state index in [9.17, 15) is 10.0 Å². The molecule has 6 nitrogen and oxygen atoms in total. The summed E-state index contributed by atoms with van der Waals surface area (Å²) in [6.45, 7) is 1.32. The Morgan fingerprint density at radius 3 is 2.42 bits per heavy atom. The highest BCUT2D eigenvalue weighted by Gasteiger charge is 2.14. The van der Waals surface area contributed by atoms with Crippen LogP contribution in [0.4, 0.5) is 0 Å². The standard InChI is InChI=1S/C32H31N3O3/c36-32(35(37)24-26-7-2-1-3-8-26)16-15-29-14-12-27(23-34-19-6-18-33-34)22-31(29)38-20-17-25-11-13-28-9-4-5-10-30(28)21-25/h1-14,18-19,21-22,37H,15-17,20,23-24H2. The topological polar surface area (TPSA) is 67.6 Å². The molecule has 1 heterocycles. The number of hydrogen-bond donors (Lipinski definition) is 1. The lowest BCUT2D eigenvalue weighted by Crippen LogP contribution is -2.27. The second kappa shape index (κ2) is 12.2. The van der Waals surface area contributed by atoms with Gasteiger partial charge in [-0.3, -0.25) is 14.7 Å². The first-order chi connectivity index (χ1) is 18.6. The number of nitrogens with zero attached hydrogens (tertiary/aromatic N) is 3. The molecule has 1 aromatic heterocycles. The average molecular weight is 506 g/mol. The van der Waals surface area contributed by atoms with E-state index in [1.807, 2.05) is 71.5 Å². The fourth-order valence-electron chi connectivity index (χ4n) is 4.51. The van der Waals surface area contributed by atoms with Crippen LogP contribution in [0.25, 0.3) is 10.8 Å². The second-order valence-electron chi connectivity index (χ2n) is 9.36. The number of hydroxylamine groups is 2. The van der Waals surface area contributed by atoms with E-state index in [-0.39, 0.29) is 18.9 Å². The van der Waals surface area contributed by atoms with E-state index in [0.29, 0.717) is 19.6 Å². The molecule has 0 bridgehead atoms. The quantitative estimate of drug-likeness (QED) is 0.175. The molecule has 6 heteroatoms. The van der Waals surface area contributed by atoms with Crippen LogP contribution in [0.15, 0.2) is 109 Å². The van der Waals surface area contributed by atoms with Crippen LogP contribution in [0, 0.1) is 0 Å². The molecule has 0 unspecified atom stereocenters. The summed E-state index contributed by atoms with van der Waals surface area (Å²) in [7, 11) is 0. The van der Waals surface area contributed by atoms with E-state index in [0.717, 1.165) is 33.9 Å². The number of aryl methyl sites for hydroxylation is 1. The zero-order valence-corrected chi connectivity index (χ0v) is 21.2. The molecule has 0 aliphatic heterocycles. The first-order valence-electron chi connectivity index (χ1n) is 12.9. The molecule has 4 aromatic carbocycles. The highest BCUT2D eigenvalue weighted by molar-refractivity contribution is 5.83. The largest absolute Gasteiger partial charge is 0.493 e. The van der Waals surface area contributed by atoms with Crippen molar-refractivity contribution >= 4 is 16.7 Å². The summed E-state index contributed by atoms with van der Waals surface area (Å²) in [5.74, 6) is 0.437. The summed E-state index contributed by atoms with van der Waals surface area (Å²) < 4.78 is 8.15. The van der Waals surface area contributed by atoms with Crippen LogP contribution in [0.1, 0.15) is 28.7 Å². The Bertz CT molecular complexity index is 1480. The normalized spacial score (nSPS) is 11.0. The van der Waals surface area contributed by atoms with Gasteiger partial charge in [-0.05, 0) is 51.6 Å². The van der Waals surface area contributed by atoms with Crippen molar-refractivity contribution in [1.29, 1.82) is 0 Å². The monoisotopic (exact) mass is 505 g/mol. The molecule has 0 atom stereocenters. The summed E-state index contributed by atoms with van der Waals surface area (Å²) in [6, 6.07) is 32.3. The second-order valence-corrected chi connectivity index (χ2v) is 9.36. The maximum atomic E-state index is 12.6. The summed E-state index contributed by atoms with van der Waals surface area (Å²) >= 11 is 0. The van der Waals surface area contributed by atoms with Crippen molar-refractivity contribution < 1.29 is 14.7 Å². The van der Waals surface area contributed by atoms with Gasteiger partial charge in [0.1, 0.15) is 5.75 Å². The maximum Gasteiger partial charge on any atom is 0.246 e. The van der Waals surface area contributed by atoms with Crippen LogP contribution in [0.2, 0.25) is 0 Å². The van der Waals surface area contributed by atoms with E-state index in [1.54, 1.807) is 6.20 Å². The lowest BCUT2D eigenvalue weighted by Gasteiger charge is -2.17. The highest BCUT2D eigenvalue weighted by atomic mass is 16.5. The van der Waals surface area contributed by atoms with Crippen molar-refractivity contribution in [1.82, 2.24) is 14.8 Å². The van der Waals surface area contributed by atoms with E-state index in [1.165, 1.54) is 16.3 Å². The third-order valence-electron chi connectivity index (χ3n) is 6.57. The Hall–Kier alpha value is -4.42. The Labute approximate surface area is 222 Å². The van der Waals surface area contributed by atoms with Crippen LogP contribution in [-0.4, -0.2) is 32.6 Å². The molecule has 38 heavy (non-hydrogen) atoms. The van der Waals surface area contributed by atoms with Gasteiger partial charge in [0.2, 0.25) is 5.91 Å². The number of aromatic nitrogens is 2. The van der Waals surface area contributed by atoms with Gasteiger partial charge < -0.3 is 4.74 Å². The van der Waals surface area contributed by atoms with E-state index >= 15 is 0 Å². The SMILES string of the molecule is O=C(CCc1ccc(Cn2cccn2)cc1OCCc1ccc2ccccc2c1)N(O)Cc1ccccc1. The van der Waals surface area contributed by atoms with Gasteiger partial charge in [0.25, 0.3) is 0 Å². The first-order valence-corrected chi connectivity index (χ1v) is 12.9. The molecule has 1 amide bonds. The van der Waals surface area contributed by atoms with Gasteiger partial charge in [-0.15, -0.1) is 0 Å².